The first kappa shape index (κ1) is 22.3. The van der Waals surface area contributed by atoms with Gasteiger partial charge in [-0.05, 0) is 66.1 Å². The summed E-state index contributed by atoms with van der Waals surface area (Å²) in [6.45, 7) is 1.89. The third kappa shape index (κ3) is 6.30. The van der Waals surface area contributed by atoms with Crippen molar-refractivity contribution in [2.24, 2.45) is 0 Å². The Hall–Kier alpha value is -2.40. The topological polar surface area (TPSA) is 39.7 Å². The molecule has 0 fully saturated rings. The van der Waals surface area contributed by atoms with Crippen molar-refractivity contribution >= 4 is 23.2 Å². The maximum Gasteiger partial charge on any atom is 0.180 e. The van der Waals surface area contributed by atoms with Gasteiger partial charge in [-0.2, -0.15) is 0 Å². The molecule has 0 unspecified atom stereocenters. The predicted octanol–water partition coefficient (Wildman–Crippen LogP) is 5.92. The van der Waals surface area contributed by atoms with Gasteiger partial charge in [0.05, 0.1) is 19.2 Å². The average molecular weight is 446 g/mol. The fourth-order valence-electron chi connectivity index (χ4n) is 3.06. The van der Waals surface area contributed by atoms with Crippen molar-refractivity contribution in [2.45, 2.75) is 19.6 Å². The quantitative estimate of drug-likeness (QED) is 0.393. The summed E-state index contributed by atoms with van der Waals surface area (Å²) in [7, 11) is 3.28. The predicted molar refractivity (Wildman–Crippen MR) is 122 cm³/mol. The van der Waals surface area contributed by atoms with Crippen LogP contribution in [0.2, 0.25) is 10.0 Å². The number of methoxy groups -OCH3 is 2. The highest BCUT2D eigenvalue weighted by molar-refractivity contribution is 6.32. The average Bonchev–Trinajstić information content (AvgIpc) is 2.76. The van der Waals surface area contributed by atoms with E-state index < -0.39 is 0 Å². The molecule has 0 aliphatic rings. The summed E-state index contributed by atoms with van der Waals surface area (Å²) >= 11 is 12.5. The molecule has 0 atom stereocenters. The van der Waals surface area contributed by atoms with E-state index in [4.69, 9.17) is 37.4 Å². The molecule has 6 heteroatoms. The highest BCUT2D eigenvalue weighted by Gasteiger charge is 2.12. The van der Waals surface area contributed by atoms with Crippen molar-refractivity contribution in [2.75, 3.05) is 20.8 Å². The number of benzene rings is 3. The number of ether oxygens (including phenoxy) is 3. The molecule has 0 spiro atoms. The van der Waals surface area contributed by atoms with Crippen molar-refractivity contribution in [3.05, 3.63) is 87.4 Å². The number of hydrogen-bond donors (Lipinski definition) is 1. The summed E-state index contributed by atoms with van der Waals surface area (Å²) < 4.78 is 16.6. The van der Waals surface area contributed by atoms with E-state index in [9.17, 15) is 0 Å². The summed E-state index contributed by atoms with van der Waals surface area (Å²) in [4.78, 5) is 0. The standard InChI is InChI=1S/C24H25Cl2NO3/c1-28-21-8-6-17(7-9-21)10-11-27-15-19-13-22(26)24(23(14-19)29-2)30-16-18-4-3-5-20(25)12-18/h3-9,12-14,27H,10-11,15-16H2,1-2H3. The molecule has 0 heterocycles. The Balaban J connectivity index is 1.56. The molecule has 0 bridgehead atoms. The molecule has 3 rings (SSSR count). The Morgan fingerprint density at radius 1 is 0.833 bits per heavy atom. The Bertz CT molecular complexity index is 961. The van der Waals surface area contributed by atoms with Crippen LogP contribution in [0, 0.1) is 0 Å². The van der Waals surface area contributed by atoms with Crippen LogP contribution in [0.4, 0.5) is 0 Å². The molecule has 0 radical (unpaired) electrons. The van der Waals surface area contributed by atoms with Crippen LogP contribution in [0.15, 0.2) is 60.7 Å². The van der Waals surface area contributed by atoms with Gasteiger partial charge >= 0.3 is 0 Å². The zero-order chi connectivity index (χ0) is 21.3. The number of nitrogens with one attached hydrogen (secondary N) is 1. The minimum Gasteiger partial charge on any atom is -0.497 e. The summed E-state index contributed by atoms with van der Waals surface area (Å²) in [6.07, 6.45) is 0.926. The van der Waals surface area contributed by atoms with E-state index >= 15 is 0 Å². The van der Waals surface area contributed by atoms with Gasteiger partial charge in [-0.3, -0.25) is 0 Å². The summed E-state index contributed by atoms with van der Waals surface area (Å²) in [5.41, 5.74) is 3.25. The van der Waals surface area contributed by atoms with Gasteiger partial charge in [-0.25, -0.2) is 0 Å². The lowest BCUT2D eigenvalue weighted by atomic mass is 10.1. The zero-order valence-corrected chi connectivity index (χ0v) is 18.6. The Morgan fingerprint density at radius 3 is 2.33 bits per heavy atom. The lowest BCUT2D eigenvalue weighted by Gasteiger charge is -2.15. The SMILES string of the molecule is COc1ccc(CCNCc2cc(Cl)c(OCc3cccc(Cl)c3)c(OC)c2)cc1. The van der Waals surface area contributed by atoms with Crippen LogP contribution in [0.3, 0.4) is 0 Å². The Kier molecular flexibility index (Phi) is 8.26. The number of rotatable bonds is 10. The molecule has 0 aliphatic carbocycles. The van der Waals surface area contributed by atoms with Crippen LogP contribution in [-0.4, -0.2) is 20.8 Å². The van der Waals surface area contributed by atoms with E-state index in [0.717, 1.165) is 29.8 Å². The van der Waals surface area contributed by atoms with Gasteiger partial charge in [0.1, 0.15) is 12.4 Å². The lowest BCUT2D eigenvalue weighted by Crippen LogP contribution is -2.16. The molecule has 158 valence electrons. The first-order valence-corrected chi connectivity index (χ1v) is 10.4. The summed E-state index contributed by atoms with van der Waals surface area (Å²) in [6, 6.07) is 19.5. The lowest BCUT2D eigenvalue weighted by molar-refractivity contribution is 0.284. The monoisotopic (exact) mass is 445 g/mol. The molecular weight excluding hydrogens is 421 g/mol. The first-order chi connectivity index (χ1) is 14.6. The third-order valence-corrected chi connectivity index (χ3v) is 5.16. The van der Waals surface area contributed by atoms with E-state index in [2.05, 4.69) is 17.4 Å². The molecule has 0 aromatic heterocycles. The van der Waals surface area contributed by atoms with Gasteiger partial charge in [0, 0.05) is 11.6 Å². The molecule has 3 aromatic carbocycles. The van der Waals surface area contributed by atoms with Gasteiger partial charge in [0.25, 0.3) is 0 Å². The highest BCUT2D eigenvalue weighted by atomic mass is 35.5. The van der Waals surface area contributed by atoms with Crippen LogP contribution in [0.1, 0.15) is 16.7 Å². The largest absolute Gasteiger partial charge is 0.497 e. The second-order valence-electron chi connectivity index (χ2n) is 6.80. The van der Waals surface area contributed by atoms with Crippen molar-refractivity contribution in [3.8, 4) is 17.2 Å². The van der Waals surface area contributed by atoms with E-state index in [1.54, 1.807) is 14.2 Å². The summed E-state index contributed by atoms with van der Waals surface area (Å²) in [5, 5.41) is 4.63. The van der Waals surface area contributed by atoms with Gasteiger partial charge in [-0.15, -0.1) is 0 Å². The fourth-order valence-corrected chi connectivity index (χ4v) is 3.56. The van der Waals surface area contributed by atoms with Crippen LogP contribution in [-0.2, 0) is 19.6 Å². The molecule has 0 aliphatic heterocycles. The fraction of sp³-hybridized carbons (Fsp3) is 0.250. The van der Waals surface area contributed by atoms with E-state index in [-0.39, 0.29) is 0 Å². The normalized spacial score (nSPS) is 10.7. The molecule has 3 aromatic rings. The van der Waals surface area contributed by atoms with Gasteiger partial charge in [0.15, 0.2) is 11.5 Å². The van der Waals surface area contributed by atoms with Crippen molar-refractivity contribution < 1.29 is 14.2 Å². The molecule has 0 amide bonds. The van der Waals surface area contributed by atoms with Crippen molar-refractivity contribution in [1.82, 2.24) is 5.32 Å². The summed E-state index contributed by atoms with van der Waals surface area (Å²) in [5.74, 6) is 2.00. The van der Waals surface area contributed by atoms with Crippen molar-refractivity contribution in [3.63, 3.8) is 0 Å². The van der Waals surface area contributed by atoms with Crippen molar-refractivity contribution in [1.29, 1.82) is 0 Å². The molecule has 4 nitrogen and oxygen atoms in total. The second kappa shape index (κ2) is 11.1. The van der Waals surface area contributed by atoms with Crippen LogP contribution < -0.4 is 19.5 Å². The molecule has 30 heavy (non-hydrogen) atoms. The number of halogens is 2. The van der Waals surface area contributed by atoms with E-state index in [0.29, 0.717) is 34.7 Å². The van der Waals surface area contributed by atoms with E-state index in [1.807, 2.05) is 48.5 Å². The third-order valence-electron chi connectivity index (χ3n) is 4.64. The zero-order valence-electron chi connectivity index (χ0n) is 17.1. The van der Waals surface area contributed by atoms with E-state index in [1.165, 1.54) is 5.56 Å². The molecular formula is C24H25Cl2NO3. The molecule has 0 saturated carbocycles. The van der Waals surface area contributed by atoms with Crippen LogP contribution in [0.5, 0.6) is 17.2 Å². The first-order valence-electron chi connectivity index (χ1n) is 9.66. The maximum absolute atomic E-state index is 6.48. The Labute approximate surface area is 187 Å². The van der Waals surface area contributed by atoms with Crippen LogP contribution >= 0.6 is 23.2 Å². The Morgan fingerprint density at radius 2 is 1.63 bits per heavy atom. The highest BCUT2D eigenvalue weighted by Crippen LogP contribution is 2.37. The minimum atomic E-state index is 0.357. The molecule has 1 N–H and O–H groups in total. The minimum absolute atomic E-state index is 0.357. The maximum atomic E-state index is 6.48. The second-order valence-corrected chi connectivity index (χ2v) is 7.65. The van der Waals surface area contributed by atoms with Gasteiger partial charge in [0.2, 0.25) is 0 Å². The smallest absolute Gasteiger partial charge is 0.180 e. The number of hydrogen-bond acceptors (Lipinski definition) is 4. The van der Waals surface area contributed by atoms with Gasteiger partial charge in [-0.1, -0.05) is 47.5 Å². The van der Waals surface area contributed by atoms with Gasteiger partial charge < -0.3 is 19.5 Å². The molecule has 0 saturated heterocycles. The van der Waals surface area contributed by atoms with Crippen LogP contribution in [0.25, 0.3) is 0 Å².